The molecule has 0 bridgehead atoms. The summed E-state index contributed by atoms with van der Waals surface area (Å²) >= 11 is 0. The van der Waals surface area contributed by atoms with Gasteiger partial charge in [-0.1, -0.05) is 42.0 Å². The third kappa shape index (κ3) is 3.65. The van der Waals surface area contributed by atoms with E-state index in [9.17, 15) is 0 Å². The third-order valence-electron chi connectivity index (χ3n) is 3.48. The molecule has 3 N–H and O–H groups in total. The second kappa shape index (κ2) is 7.17. The Kier molecular flexibility index (Phi) is 5.26. The Hall–Kier alpha value is -1.72. The fourth-order valence-electron chi connectivity index (χ4n) is 2.30. The van der Waals surface area contributed by atoms with Crippen molar-refractivity contribution in [3.05, 3.63) is 47.3 Å². The summed E-state index contributed by atoms with van der Waals surface area (Å²) in [5, 5.41) is 8.11. The summed E-state index contributed by atoms with van der Waals surface area (Å²) in [6.45, 7) is 5.10. The second-order valence-corrected chi connectivity index (χ2v) is 5.13. The van der Waals surface area contributed by atoms with E-state index in [1.54, 1.807) is 6.20 Å². The molecular weight excluding hydrogens is 250 g/mol. The lowest BCUT2D eigenvalue weighted by Gasteiger charge is -2.16. The van der Waals surface area contributed by atoms with Crippen LogP contribution in [0.5, 0.6) is 0 Å². The van der Waals surface area contributed by atoms with E-state index in [0.29, 0.717) is 0 Å². The molecule has 0 radical (unpaired) electrons. The predicted octanol–water partition coefficient (Wildman–Crippen LogP) is 2.13. The molecule has 1 unspecified atom stereocenters. The first-order valence-electron chi connectivity index (χ1n) is 7.14. The minimum Gasteiger partial charge on any atom is -0.271 e. The Balaban J connectivity index is 2.01. The summed E-state index contributed by atoms with van der Waals surface area (Å²) in [5.41, 5.74) is 6.55. The highest BCUT2D eigenvalue weighted by Gasteiger charge is 2.15. The molecule has 5 heteroatoms. The van der Waals surface area contributed by atoms with Gasteiger partial charge in [-0.25, -0.2) is 4.68 Å². The van der Waals surface area contributed by atoms with Gasteiger partial charge in [-0.3, -0.25) is 11.3 Å². The fraction of sp³-hybridized carbons (Fsp3) is 0.467. The lowest BCUT2D eigenvalue weighted by Crippen LogP contribution is -2.30. The largest absolute Gasteiger partial charge is 0.271 e. The summed E-state index contributed by atoms with van der Waals surface area (Å²) in [6, 6.07) is 8.71. The van der Waals surface area contributed by atoms with Crippen LogP contribution in [-0.4, -0.2) is 15.0 Å². The van der Waals surface area contributed by atoms with Gasteiger partial charge in [-0.15, -0.1) is 5.10 Å². The average molecular weight is 273 g/mol. The molecule has 0 aliphatic carbocycles. The number of aryl methyl sites for hydroxylation is 3. The molecule has 0 saturated heterocycles. The number of aromatic nitrogens is 3. The maximum absolute atomic E-state index is 5.70. The number of hydrogen-bond acceptors (Lipinski definition) is 4. The molecule has 0 amide bonds. The zero-order valence-corrected chi connectivity index (χ0v) is 12.2. The van der Waals surface area contributed by atoms with Crippen LogP contribution in [0.3, 0.4) is 0 Å². The van der Waals surface area contributed by atoms with E-state index in [4.69, 9.17) is 5.84 Å². The van der Waals surface area contributed by atoms with E-state index in [1.165, 1.54) is 11.1 Å². The van der Waals surface area contributed by atoms with E-state index in [2.05, 4.69) is 53.9 Å². The molecule has 0 aliphatic heterocycles. The Morgan fingerprint density at radius 3 is 2.70 bits per heavy atom. The first kappa shape index (κ1) is 14.7. The first-order valence-corrected chi connectivity index (χ1v) is 7.14. The molecule has 2 aromatic rings. The van der Waals surface area contributed by atoms with Crippen molar-refractivity contribution >= 4 is 0 Å². The van der Waals surface area contributed by atoms with Gasteiger partial charge in [0.25, 0.3) is 0 Å². The van der Waals surface area contributed by atoms with Gasteiger partial charge in [-0.05, 0) is 31.7 Å². The van der Waals surface area contributed by atoms with Crippen molar-refractivity contribution in [2.75, 3.05) is 0 Å². The van der Waals surface area contributed by atoms with Crippen LogP contribution in [0.1, 0.15) is 42.6 Å². The molecule has 0 saturated carbocycles. The van der Waals surface area contributed by atoms with Gasteiger partial charge in [0.15, 0.2) is 0 Å². The zero-order chi connectivity index (χ0) is 14.4. The Morgan fingerprint density at radius 1 is 1.30 bits per heavy atom. The number of hydrogen-bond donors (Lipinski definition) is 2. The van der Waals surface area contributed by atoms with Gasteiger partial charge in [-0.2, -0.15) is 0 Å². The molecule has 2 rings (SSSR count). The molecular formula is C15H23N5. The topological polar surface area (TPSA) is 68.8 Å². The quantitative estimate of drug-likeness (QED) is 0.599. The minimum atomic E-state index is 0.0813. The maximum Gasteiger partial charge on any atom is 0.0770 e. The standard InChI is InChI=1S/C15H23N5/c1-3-10-20-15(11-17-19-20)14(18-16)9-8-13-6-4-12(2)5-7-13/h4-7,11,14,18H,3,8-10,16H2,1-2H3. The van der Waals surface area contributed by atoms with E-state index in [1.807, 2.05) is 4.68 Å². The summed E-state index contributed by atoms with van der Waals surface area (Å²) in [7, 11) is 0. The highest BCUT2D eigenvalue weighted by Crippen LogP contribution is 2.18. The summed E-state index contributed by atoms with van der Waals surface area (Å²) in [5.74, 6) is 5.70. The van der Waals surface area contributed by atoms with Gasteiger partial charge in [0.1, 0.15) is 0 Å². The number of nitrogens with two attached hydrogens (primary N) is 1. The summed E-state index contributed by atoms with van der Waals surface area (Å²) < 4.78 is 1.93. The van der Waals surface area contributed by atoms with Gasteiger partial charge >= 0.3 is 0 Å². The van der Waals surface area contributed by atoms with Crippen LogP contribution < -0.4 is 11.3 Å². The predicted molar refractivity (Wildman–Crippen MR) is 79.9 cm³/mol. The summed E-state index contributed by atoms with van der Waals surface area (Å²) in [6.07, 6.45) is 4.74. The lowest BCUT2D eigenvalue weighted by atomic mass is 10.0. The average Bonchev–Trinajstić information content (AvgIpc) is 2.90. The molecule has 1 heterocycles. The molecule has 0 aliphatic rings. The third-order valence-corrected chi connectivity index (χ3v) is 3.48. The normalized spacial score (nSPS) is 12.6. The highest BCUT2D eigenvalue weighted by molar-refractivity contribution is 5.21. The van der Waals surface area contributed by atoms with E-state index < -0.39 is 0 Å². The van der Waals surface area contributed by atoms with E-state index in [-0.39, 0.29) is 6.04 Å². The molecule has 0 spiro atoms. The number of nitrogens with zero attached hydrogens (tertiary/aromatic N) is 3. The van der Waals surface area contributed by atoms with Gasteiger partial charge in [0.05, 0.1) is 17.9 Å². The van der Waals surface area contributed by atoms with Crippen LogP contribution in [0.15, 0.2) is 30.5 Å². The first-order chi connectivity index (χ1) is 9.74. The highest BCUT2D eigenvalue weighted by atomic mass is 15.4. The zero-order valence-electron chi connectivity index (χ0n) is 12.2. The number of nitrogens with one attached hydrogen (secondary N) is 1. The van der Waals surface area contributed by atoms with Crippen molar-refractivity contribution in [2.24, 2.45) is 5.84 Å². The number of hydrazine groups is 1. The molecule has 5 nitrogen and oxygen atoms in total. The summed E-state index contributed by atoms with van der Waals surface area (Å²) in [4.78, 5) is 0. The van der Waals surface area contributed by atoms with Crippen LogP contribution in [0, 0.1) is 6.92 Å². The molecule has 1 aromatic carbocycles. The minimum absolute atomic E-state index is 0.0813. The van der Waals surface area contributed by atoms with Crippen molar-refractivity contribution in [1.29, 1.82) is 0 Å². The Morgan fingerprint density at radius 2 is 2.05 bits per heavy atom. The number of rotatable bonds is 7. The van der Waals surface area contributed by atoms with Gasteiger partial charge < -0.3 is 0 Å². The Bertz CT molecular complexity index is 517. The van der Waals surface area contributed by atoms with Crippen molar-refractivity contribution in [3.63, 3.8) is 0 Å². The van der Waals surface area contributed by atoms with Gasteiger partial charge in [0, 0.05) is 6.54 Å². The lowest BCUT2D eigenvalue weighted by molar-refractivity contribution is 0.455. The van der Waals surface area contributed by atoms with Crippen LogP contribution in [0.2, 0.25) is 0 Å². The Labute approximate surface area is 120 Å². The number of benzene rings is 1. The van der Waals surface area contributed by atoms with Crippen molar-refractivity contribution < 1.29 is 0 Å². The monoisotopic (exact) mass is 273 g/mol. The molecule has 1 atom stereocenters. The molecule has 108 valence electrons. The smallest absolute Gasteiger partial charge is 0.0770 e. The second-order valence-electron chi connectivity index (χ2n) is 5.13. The maximum atomic E-state index is 5.70. The van der Waals surface area contributed by atoms with Crippen molar-refractivity contribution in [2.45, 2.75) is 45.7 Å². The van der Waals surface area contributed by atoms with Crippen LogP contribution in [0.4, 0.5) is 0 Å². The van der Waals surface area contributed by atoms with Crippen LogP contribution in [-0.2, 0) is 13.0 Å². The van der Waals surface area contributed by atoms with E-state index >= 15 is 0 Å². The molecule has 1 aromatic heterocycles. The SMILES string of the molecule is CCCn1nncc1C(CCc1ccc(C)cc1)NN. The van der Waals surface area contributed by atoms with Crippen LogP contribution >= 0.6 is 0 Å². The van der Waals surface area contributed by atoms with Crippen molar-refractivity contribution in [1.82, 2.24) is 20.4 Å². The van der Waals surface area contributed by atoms with Crippen molar-refractivity contribution in [3.8, 4) is 0 Å². The molecule has 0 fully saturated rings. The molecule has 20 heavy (non-hydrogen) atoms. The van der Waals surface area contributed by atoms with Crippen LogP contribution in [0.25, 0.3) is 0 Å². The van der Waals surface area contributed by atoms with Gasteiger partial charge in [0.2, 0.25) is 0 Å². The van der Waals surface area contributed by atoms with E-state index in [0.717, 1.165) is 31.5 Å². The fourth-order valence-corrected chi connectivity index (χ4v) is 2.30.